The molecule has 0 aromatic heterocycles. The van der Waals surface area contributed by atoms with E-state index in [0.29, 0.717) is 48.7 Å². The molecule has 12 nitrogen and oxygen atoms in total. The third kappa shape index (κ3) is 8.46. The number of hydrogen-bond donors (Lipinski definition) is 6. The predicted octanol–water partition coefficient (Wildman–Crippen LogP) is 1.70. The fourth-order valence-corrected chi connectivity index (χ4v) is 4.88. The molecular weight excluding hydrogens is 578 g/mol. The molecule has 1 saturated heterocycles. The summed E-state index contributed by atoms with van der Waals surface area (Å²) < 4.78 is 12.0. The van der Waals surface area contributed by atoms with Gasteiger partial charge in [-0.2, -0.15) is 0 Å². The highest BCUT2D eigenvalue weighted by Crippen LogP contribution is 2.33. The monoisotopic (exact) mass is 617 g/mol. The van der Waals surface area contributed by atoms with Crippen LogP contribution in [-0.4, -0.2) is 73.2 Å². The number of hydrogen-bond acceptors (Lipinski definition) is 10. The van der Waals surface area contributed by atoms with Gasteiger partial charge in [0.25, 0.3) is 5.91 Å². The van der Waals surface area contributed by atoms with Gasteiger partial charge >= 0.3 is 0 Å². The lowest BCUT2D eigenvalue weighted by atomic mass is 10.00. The van der Waals surface area contributed by atoms with Gasteiger partial charge in [-0.1, -0.05) is 43.0 Å². The van der Waals surface area contributed by atoms with Gasteiger partial charge in [-0.05, 0) is 54.3 Å². The highest BCUT2D eigenvalue weighted by molar-refractivity contribution is 6.03. The first kappa shape index (κ1) is 33.1. The topological polar surface area (TPSA) is 189 Å². The van der Waals surface area contributed by atoms with Crippen LogP contribution in [0.15, 0.2) is 78.9 Å². The zero-order chi connectivity index (χ0) is 32.3. The molecule has 1 unspecified atom stereocenters. The fraction of sp³-hybridized carbons (Fsp3) is 0.303. The Hall–Kier alpha value is -4.75. The molecule has 0 spiro atoms. The molecule has 12 heteroatoms. The zero-order valence-electron chi connectivity index (χ0n) is 24.9. The largest absolute Gasteiger partial charge is 0.493 e. The first-order valence-corrected chi connectivity index (χ1v) is 14.6. The van der Waals surface area contributed by atoms with Crippen LogP contribution in [0, 0.1) is 0 Å². The number of ketones is 1. The molecule has 2 atom stereocenters. The SMILES string of the molecule is C=C1C(=O)[C@H](N(CNCc2ccc(-c3cccc(C(=O)NCC(N)=O)c3)c(OCCCCO)c2)c2ccccc2N)OC1CO. The Morgan fingerprint density at radius 1 is 1.04 bits per heavy atom. The number of primary amides is 1. The molecule has 8 N–H and O–H groups in total. The minimum atomic E-state index is -1.01. The lowest BCUT2D eigenvalue weighted by molar-refractivity contribution is -0.121. The predicted molar refractivity (Wildman–Crippen MR) is 170 cm³/mol. The second-order valence-electron chi connectivity index (χ2n) is 10.5. The Morgan fingerprint density at radius 2 is 1.84 bits per heavy atom. The van der Waals surface area contributed by atoms with E-state index in [-0.39, 0.29) is 37.8 Å². The first-order valence-electron chi connectivity index (χ1n) is 14.6. The number of anilines is 2. The van der Waals surface area contributed by atoms with Crippen molar-refractivity contribution in [3.8, 4) is 16.9 Å². The van der Waals surface area contributed by atoms with E-state index >= 15 is 0 Å². The summed E-state index contributed by atoms with van der Waals surface area (Å²) in [5.74, 6) is -0.807. The molecule has 0 saturated carbocycles. The molecule has 1 heterocycles. The second-order valence-corrected chi connectivity index (χ2v) is 10.5. The van der Waals surface area contributed by atoms with Crippen molar-refractivity contribution in [2.75, 3.05) is 43.7 Å². The number of nitrogen functional groups attached to an aromatic ring is 1. The summed E-state index contributed by atoms with van der Waals surface area (Å²) in [6.07, 6.45) is -0.555. The molecule has 4 rings (SSSR count). The number of benzene rings is 3. The van der Waals surface area contributed by atoms with Gasteiger partial charge in [-0.25, -0.2) is 0 Å². The maximum absolute atomic E-state index is 13.0. The van der Waals surface area contributed by atoms with Crippen LogP contribution in [0.2, 0.25) is 0 Å². The van der Waals surface area contributed by atoms with E-state index in [2.05, 4.69) is 17.2 Å². The van der Waals surface area contributed by atoms with Gasteiger partial charge in [0, 0.05) is 29.9 Å². The molecule has 3 aromatic carbocycles. The van der Waals surface area contributed by atoms with E-state index in [0.717, 1.165) is 16.7 Å². The number of carbonyl (C=O) groups excluding carboxylic acids is 3. The molecule has 1 aliphatic heterocycles. The van der Waals surface area contributed by atoms with Gasteiger partial charge in [0.2, 0.25) is 11.7 Å². The minimum Gasteiger partial charge on any atom is -0.493 e. The molecule has 0 aliphatic carbocycles. The number of aliphatic hydroxyl groups excluding tert-OH is 2. The van der Waals surface area contributed by atoms with Crippen LogP contribution in [0.3, 0.4) is 0 Å². The third-order valence-corrected chi connectivity index (χ3v) is 7.24. The van der Waals surface area contributed by atoms with Crippen LogP contribution >= 0.6 is 0 Å². The summed E-state index contributed by atoms with van der Waals surface area (Å²) in [6.45, 7) is 4.18. The number of carbonyl (C=O) groups is 3. The molecule has 2 amide bonds. The van der Waals surface area contributed by atoms with Gasteiger partial charge in [0.15, 0.2) is 6.23 Å². The van der Waals surface area contributed by atoms with E-state index in [1.807, 2.05) is 30.3 Å². The van der Waals surface area contributed by atoms with Gasteiger partial charge in [-0.3, -0.25) is 19.7 Å². The quantitative estimate of drug-likeness (QED) is 0.0597. The number of nitrogens with one attached hydrogen (secondary N) is 2. The number of para-hydroxylation sites is 2. The average Bonchev–Trinajstić information content (AvgIpc) is 3.33. The molecule has 1 aliphatic rings. The van der Waals surface area contributed by atoms with Crippen LogP contribution in [0.4, 0.5) is 11.4 Å². The Balaban J connectivity index is 1.55. The summed E-state index contributed by atoms with van der Waals surface area (Å²) in [6, 6.07) is 19.8. The standard InChI is InChI=1S/C33H39N5O7/c1-21-29(19-40)45-33(31(21)42)38(27-10-3-2-9-26(27)34)20-36-17-22-11-12-25(28(15-22)44-14-5-4-13-39)23-7-6-8-24(16-23)32(43)37-18-30(35)41/h2-3,6-12,15-16,29,33,36,39-40H,1,4-5,13-14,17-20,34H2,(H2,35,41)(H,37,43)/t29?,33-/m1/s1. The number of nitrogens with zero attached hydrogens (tertiary/aromatic N) is 1. The summed E-state index contributed by atoms with van der Waals surface area (Å²) in [7, 11) is 0. The highest BCUT2D eigenvalue weighted by Gasteiger charge is 2.41. The van der Waals surface area contributed by atoms with Crippen LogP contribution in [0.25, 0.3) is 11.1 Å². The van der Waals surface area contributed by atoms with Crippen molar-refractivity contribution in [2.45, 2.75) is 31.7 Å². The molecule has 238 valence electrons. The van der Waals surface area contributed by atoms with Crippen molar-refractivity contribution in [3.05, 3.63) is 90.0 Å². The molecular formula is C33H39N5O7. The van der Waals surface area contributed by atoms with Crippen LogP contribution in [0.5, 0.6) is 5.75 Å². The normalized spacial score (nSPS) is 16.0. The number of nitrogens with two attached hydrogens (primary N) is 2. The summed E-state index contributed by atoms with van der Waals surface area (Å²) in [5, 5.41) is 24.7. The molecule has 0 radical (unpaired) electrons. The van der Waals surface area contributed by atoms with Crippen LogP contribution in [-0.2, 0) is 20.9 Å². The maximum atomic E-state index is 13.0. The van der Waals surface area contributed by atoms with Gasteiger partial charge in [0.05, 0.1) is 37.8 Å². The second kappa shape index (κ2) is 15.8. The van der Waals surface area contributed by atoms with Crippen LogP contribution < -0.4 is 31.7 Å². The van der Waals surface area contributed by atoms with E-state index in [1.165, 1.54) is 0 Å². The smallest absolute Gasteiger partial charge is 0.251 e. The number of Topliss-reactive ketones (excluding diaryl/α,β-unsaturated/α-hetero) is 1. The van der Waals surface area contributed by atoms with Crippen molar-refractivity contribution >= 4 is 29.0 Å². The van der Waals surface area contributed by atoms with Gasteiger partial charge < -0.3 is 41.4 Å². The molecule has 1 fully saturated rings. The van der Waals surface area contributed by atoms with E-state index in [1.54, 1.807) is 41.3 Å². The van der Waals surface area contributed by atoms with Gasteiger partial charge in [0.1, 0.15) is 11.9 Å². The number of ether oxygens (including phenoxy) is 2. The molecule has 45 heavy (non-hydrogen) atoms. The number of unbranched alkanes of at least 4 members (excludes halogenated alkanes) is 1. The first-order chi connectivity index (χ1) is 21.7. The summed E-state index contributed by atoms with van der Waals surface area (Å²) in [5.41, 5.74) is 15.4. The Kier molecular flexibility index (Phi) is 11.7. The van der Waals surface area contributed by atoms with Crippen molar-refractivity contribution in [3.63, 3.8) is 0 Å². The number of rotatable bonds is 16. The van der Waals surface area contributed by atoms with Crippen molar-refractivity contribution in [1.29, 1.82) is 0 Å². The Bertz CT molecular complexity index is 1530. The minimum absolute atomic E-state index is 0.0602. The Labute approximate surface area is 261 Å². The molecule has 0 bridgehead atoms. The van der Waals surface area contributed by atoms with Crippen LogP contribution in [0.1, 0.15) is 28.8 Å². The lowest BCUT2D eigenvalue weighted by Gasteiger charge is -2.30. The van der Waals surface area contributed by atoms with E-state index < -0.39 is 24.1 Å². The third-order valence-electron chi connectivity index (χ3n) is 7.24. The lowest BCUT2D eigenvalue weighted by Crippen LogP contribution is -2.45. The Morgan fingerprint density at radius 3 is 2.56 bits per heavy atom. The average molecular weight is 618 g/mol. The van der Waals surface area contributed by atoms with Gasteiger partial charge in [-0.15, -0.1) is 0 Å². The van der Waals surface area contributed by atoms with E-state index in [9.17, 15) is 24.6 Å². The summed E-state index contributed by atoms with van der Waals surface area (Å²) >= 11 is 0. The number of aliphatic hydroxyl groups is 2. The zero-order valence-corrected chi connectivity index (χ0v) is 24.9. The molecule has 3 aromatic rings. The summed E-state index contributed by atoms with van der Waals surface area (Å²) in [4.78, 5) is 38.3. The van der Waals surface area contributed by atoms with Crippen molar-refractivity contribution < 1.29 is 34.1 Å². The highest BCUT2D eigenvalue weighted by atomic mass is 16.5. The van der Waals surface area contributed by atoms with Crippen molar-refractivity contribution in [1.82, 2.24) is 10.6 Å². The van der Waals surface area contributed by atoms with Crippen molar-refractivity contribution in [2.24, 2.45) is 5.73 Å². The van der Waals surface area contributed by atoms with E-state index in [4.69, 9.17) is 20.9 Å². The fourth-order valence-electron chi connectivity index (χ4n) is 4.88. The number of amides is 2. The maximum Gasteiger partial charge on any atom is 0.251 e.